The summed E-state index contributed by atoms with van der Waals surface area (Å²) < 4.78 is 7.08. The van der Waals surface area contributed by atoms with E-state index in [0.717, 1.165) is 23.1 Å². The van der Waals surface area contributed by atoms with Crippen molar-refractivity contribution in [3.05, 3.63) is 40.9 Å². The lowest BCUT2D eigenvalue weighted by Gasteiger charge is -2.59. The van der Waals surface area contributed by atoms with Crippen molar-refractivity contribution in [1.29, 1.82) is 0 Å². The summed E-state index contributed by atoms with van der Waals surface area (Å²) in [7, 11) is 0. The number of furan rings is 1. The molecule has 30 heavy (non-hydrogen) atoms. The number of aromatic nitrogens is 2. The number of benzene rings is 1. The molecule has 156 valence electrons. The van der Waals surface area contributed by atoms with Gasteiger partial charge in [0.1, 0.15) is 17.6 Å². The summed E-state index contributed by atoms with van der Waals surface area (Å²) in [5.74, 6) is 2.41. The third-order valence-electron chi connectivity index (χ3n) is 8.05. The molecule has 4 bridgehead atoms. The topological polar surface area (TPSA) is 77.1 Å². The Balaban J connectivity index is 1.22. The molecule has 0 spiro atoms. The molecule has 4 fully saturated rings. The highest BCUT2D eigenvalue weighted by Crippen LogP contribution is 2.61. The van der Waals surface area contributed by atoms with Crippen LogP contribution in [0.3, 0.4) is 0 Å². The number of para-hydroxylation sites is 1. The Bertz CT molecular complexity index is 1170. The Hall–Kier alpha value is -2.63. The van der Waals surface area contributed by atoms with Crippen molar-refractivity contribution in [2.45, 2.75) is 58.0 Å². The van der Waals surface area contributed by atoms with E-state index < -0.39 is 0 Å². The summed E-state index contributed by atoms with van der Waals surface area (Å²) in [6.45, 7) is 2.13. The van der Waals surface area contributed by atoms with Crippen molar-refractivity contribution in [1.82, 2.24) is 14.9 Å². The summed E-state index contributed by atoms with van der Waals surface area (Å²) in [6.07, 6.45) is 9.35. The predicted octanol–water partition coefficient (Wildman–Crippen LogP) is 3.86. The maximum atomic E-state index is 12.9. The fourth-order valence-corrected chi connectivity index (χ4v) is 7.03. The molecule has 4 aliphatic carbocycles. The smallest absolute Gasteiger partial charge is 0.297 e. The number of hydrogen-bond acceptors (Lipinski definition) is 4. The molecular formula is C24H27N3O3. The monoisotopic (exact) mass is 405 g/mol. The van der Waals surface area contributed by atoms with Crippen molar-refractivity contribution in [3.8, 4) is 0 Å². The van der Waals surface area contributed by atoms with Crippen molar-refractivity contribution in [3.63, 3.8) is 0 Å². The quantitative estimate of drug-likeness (QED) is 0.715. The third kappa shape index (κ3) is 2.72. The van der Waals surface area contributed by atoms with Gasteiger partial charge in [0.15, 0.2) is 0 Å². The van der Waals surface area contributed by atoms with Crippen LogP contribution < -0.4 is 10.9 Å². The SMILES string of the molecule is C[C@@H](NC(=O)Cn1cnc2c(oc3ccccc32)c1=O)C12CC3CC(CC(C3)C1)C2. The molecule has 2 heterocycles. The van der Waals surface area contributed by atoms with Gasteiger partial charge >= 0.3 is 0 Å². The van der Waals surface area contributed by atoms with Crippen molar-refractivity contribution < 1.29 is 9.21 Å². The standard InChI is InChI=1S/C24H27N3O3/c1-14(24-9-15-6-16(10-24)8-17(7-15)11-24)26-20(28)12-27-13-25-21-18-4-2-3-5-19(18)30-22(21)23(27)29/h2-5,13-17H,6-12H2,1H3,(H,26,28)/t14-,15?,16?,17?,24?/m1/s1. The molecule has 0 saturated heterocycles. The van der Waals surface area contributed by atoms with Crippen LogP contribution in [0.15, 0.2) is 39.8 Å². The second kappa shape index (κ2) is 6.43. The second-order valence-corrected chi connectivity index (χ2v) is 10.0. The molecule has 4 saturated carbocycles. The number of carbonyl (C=O) groups excluding carboxylic acids is 1. The molecule has 1 N–H and O–H groups in total. The highest BCUT2D eigenvalue weighted by atomic mass is 16.3. The van der Waals surface area contributed by atoms with Crippen molar-refractivity contribution in [2.24, 2.45) is 23.2 Å². The van der Waals surface area contributed by atoms with E-state index in [0.29, 0.717) is 11.1 Å². The fraction of sp³-hybridized carbons (Fsp3) is 0.542. The van der Waals surface area contributed by atoms with Gasteiger partial charge < -0.3 is 9.73 Å². The van der Waals surface area contributed by atoms with E-state index >= 15 is 0 Å². The first-order valence-corrected chi connectivity index (χ1v) is 11.2. The molecular weight excluding hydrogens is 378 g/mol. The highest BCUT2D eigenvalue weighted by molar-refractivity contribution is 6.01. The Morgan fingerprint density at radius 1 is 1.20 bits per heavy atom. The van der Waals surface area contributed by atoms with Gasteiger partial charge in [0.05, 0.1) is 6.33 Å². The average Bonchev–Trinajstić information content (AvgIpc) is 3.08. The highest BCUT2D eigenvalue weighted by Gasteiger charge is 2.53. The van der Waals surface area contributed by atoms with Gasteiger partial charge in [0.2, 0.25) is 11.5 Å². The Kier molecular flexibility index (Phi) is 3.89. The number of fused-ring (bicyclic) bond motifs is 3. The number of nitrogens with one attached hydrogen (secondary N) is 1. The predicted molar refractivity (Wildman–Crippen MR) is 114 cm³/mol. The van der Waals surface area contributed by atoms with Crippen LogP contribution in [0.25, 0.3) is 22.1 Å². The summed E-state index contributed by atoms with van der Waals surface area (Å²) in [5, 5.41) is 4.05. The van der Waals surface area contributed by atoms with Crippen molar-refractivity contribution in [2.75, 3.05) is 0 Å². The van der Waals surface area contributed by atoms with Crippen LogP contribution in [0.5, 0.6) is 0 Å². The minimum atomic E-state index is -0.311. The van der Waals surface area contributed by atoms with Gasteiger partial charge in [-0.15, -0.1) is 0 Å². The molecule has 1 amide bonds. The van der Waals surface area contributed by atoms with E-state index in [-0.39, 0.29) is 35.1 Å². The van der Waals surface area contributed by atoms with E-state index in [1.165, 1.54) is 49.4 Å². The lowest BCUT2D eigenvalue weighted by atomic mass is 9.48. The first kappa shape index (κ1) is 18.2. The Morgan fingerprint density at radius 2 is 1.87 bits per heavy atom. The summed E-state index contributed by atoms with van der Waals surface area (Å²) in [4.78, 5) is 30.1. The average molecular weight is 405 g/mol. The maximum Gasteiger partial charge on any atom is 0.297 e. The minimum absolute atomic E-state index is 0.0322. The molecule has 6 nitrogen and oxygen atoms in total. The first-order valence-electron chi connectivity index (χ1n) is 11.2. The summed E-state index contributed by atoms with van der Waals surface area (Å²) >= 11 is 0. The summed E-state index contributed by atoms with van der Waals surface area (Å²) in [5.41, 5.74) is 1.33. The number of nitrogens with zero attached hydrogens (tertiary/aromatic N) is 2. The van der Waals surface area contributed by atoms with Crippen LogP contribution in [-0.4, -0.2) is 21.5 Å². The Morgan fingerprint density at radius 3 is 2.57 bits per heavy atom. The van der Waals surface area contributed by atoms with Crippen LogP contribution in [0.2, 0.25) is 0 Å². The van der Waals surface area contributed by atoms with Gasteiger partial charge in [0, 0.05) is 11.4 Å². The largest absolute Gasteiger partial charge is 0.448 e. The number of hydrogen-bond donors (Lipinski definition) is 1. The minimum Gasteiger partial charge on any atom is -0.448 e. The van der Waals surface area contributed by atoms with Crippen molar-refractivity contribution >= 4 is 28.0 Å². The molecule has 3 aromatic rings. The molecule has 2 aromatic heterocycles. The molecule has 1 aromatic carbocycles. The maximum absolute atomic E-state index is 12.9. The zero-order valence-electron chi connectivity index (χ0n) is 17.3. The lowest BCUT2D eigenvalue weighted by Crippen LogP contribution is -2.56. The van der Waals surface area contributed by atoms with Crippen LogP contribution in [0.1, 0.15) is 45.4 Å². The number of rotatable bonds is 4. The number of carbonyl (C=O) groups is 1. The molecule has 4 aliphatic rings. The van der Waals surface area contributed by atoms with Crippen LogP contribution >= 0.6 is 0 Å². The fourth-order valence-electron chi connectivity index (χ4n) is 7.03. The van der Waals surface area contributed by atoms with Gasteiger partial charge in [-0.05, 0) is 80.8 Å². The van der Waals surface area contributed by atoms with Crippen LogP contribution in [-0.2, 0) is 11.3 Å². The molecule has 0 unspecified atom stereocenters. The molecule has 1 atom stereocenters. The Labute approximate surface area is 174 Å². The van der Waals surface area contributed by atoms with Gasteiger partial charge in [-0.1, -0.05) is 12.1 Å². The van der Waals surface area contributed by atoms with E-state index in [1.807, 2.05) is 24.3 Å². The molecule has 0 radical (unpaired) electrons. The van der Waals surface area contributed by atoms with Gasteiger partial charge in [-0.3, -0.25) is 14.2 Å². The molecule has 0 aliphatic heterocycles. The van der Waals surface area contributed by atoms with E-state index in [1.54, 1.807) is 0 Å². The zero-order valence-corrected chi connectivity index (χ0v) is 17.3. The molecule has 6 heteroatoms. The van der Waals surface area contributed by atoms with Gasteiger partial charge in [0.25, 0.3) is 5.56 Å². The molecule has 7 rings (SSSR count). The van der Waals surface area contributed by atoms with E-state index in [4.69, 9.17) is 4.42 Å². The van der Waals surface area contributed by atoms with E-state index in [9.17, 15) is 9.59 Å². The van der Waals surface area contributed by atoms with Gasteiger partial charge in [-0.2, -0.15) is 0 Å². The van der Waals surface area contributed by atoms with Crippen LogP contribution in [0, 0.1) is 23.2 Å². The third-order valence-corrected chi connectivity index (χ3v) is 8.05. The van der Waals surface area contributed by atoms with E-state index in [2.05, 4.69) is 17.2 Å². The second-order valence-electron chi connectivity index (χ2n) is 10.0. The number of amides is 1. The summed E-state index contributed by atoms with van der Waals surface area (Å²) in [6, 6.07) is 7.60. The van der Waals surface area contributed by atoms with Crippen LogP contribution in [0.4, 0.5) is 0 Å². The normalized spacial score (nSPS) is 30.8. The lowest BCUT2D eigenvalue weighted by molar-refractivity contribution is -0.126. The van der Waals surface area contributed by atoms with Gasteiger partial charge in [-0.25, -0.2) is 4.98 Å². The zero-order chi connectivity index (χ0) is 20.5. The first-order chi connectivity index (χ1) is 14.5.